The molecule has 6 heterocycles. The number of carbonyl (C=O) groups excluding carboxylic acids is 18. The van der Waals surface area contributed by atoms with E-state index in [2.05, 4.69) is 105 Å². The average Bonchev–Trinajstić information content (AvgIpc) is 1.65. The van der Waals surface area contributed by atoms with Gasteiger partial charge in [0.2, 0.25) is 106 Å². The molecule has 27 N–H and O–H groups in total. The molecular weight excluding hydrogens is 1930 g/mol. The highest BCUT2D eigenvalue weighted by atomic mass is 16.4. The molecule has 3 unspecified atom stereocenters. The summed E-state index contributed by atoms with van der Waals surface area (Å²) in [6.45, 7) is 0.298. The van der Waals surface area contributed by atoms with Crippen molar-refractivity contribution in [2.75, 3.05) is 19.6 Å². The summed E-state index contributed by atoms with van der Waals surface area (Å²) >= 11 is 0. The number of carbonyl (C=O) groups is 19. The first kappa shape index (κ1) is 108. The maximum atomic E-state index is 15.9. The highest BCUT2D eigenvalue weighted by Gasteiger charge is 2.43. The minimum absolute atomic E-state index is 0.115. The van der Waals surface area contributed by atoms with Gasteiger partial charge in [0.15, 0.2) is 0 Å². The molecule has 2 aliphatic heterocycles. The number of hydrogen-bond acceptors (Lipinski definition) is 23. The van der Waals surface area contributed by atoms with Gasteiger partial charge in [0.25, 0.3) is 0 Å². The molecule has 0 aliphatic carbocycles. The standard InChI is InChI=1S/C103H115N23O23/c1-54-102(147)126-35-15-26-83(126)100(145)123-81(46-85(131)110-51-87(133)114-72(90(105)135)45-86(132)115-77(40-60-47-107-69-23-12-9-20-66(60)69)96(141)121-79(43-63-50-106-53-112-63)91(136)111-52-88(134)125-89(55(2)127)101(146)113-54)99(144)120-78(41-61-48-108-70-24-13-10-21-67(61)70)97(142)118-73(36-56-16-5-3-6-17-56)92(137)116-74(37-57-18-7-4-8-19-57)94(139)122-80(44-84(104)130)98(143)119-75(38-58-27-31-64(128)32-28-58)93(138)117-76(39-59-29-33-65(129)34-30-59)95(140)124-82(103(148)149)42-62-49-109-71-25-14-11-22-68(62)71/h3-14,16-25,27-34,47-50,53-55,72-83,89,107-109,127-129H,15,26,35-46,51-52H2,1-2H3,(H2,104,130)(H2,105,135)(H,106,112)(H,110,131)(H,111,136)(H,113,146)(H,114,133)(H,115,132)(H,116,137)(H,117,138)(H,118,142)(H,119,143)(H,120,144)(H,121,141)(H,122,139)(H,123,145)(H,124,140)(H,125,134)(H,148,149)/t54-,55+,72?,73-,74-,75-,76-,77-,78-,79-,80-,81-,82-,83?,89?/m0/s1. The van der Waals surface area contributed by atoms with Gasteiger partial charge in [-0.05, 0) is 108 Å². The smallest absolute Gasteiger partial charge is 0.326 e. The number of aromatic amines is 4. The lowest BCUT2D eigenvalue weighted by Gasteiger charge is -2.30. The summed E-state index contributed by atoms with van der Waals surface area (Å²) in [5.41, 5.74) is 16.6. The number of aromatic nitrogens is 5. The number of primary amides is 2. The Kier molecular flexibility index (Phi) is 36.9. The summed E-state index contributed by atoms with van der Waals surface area (Å²) in [5, 5.41) is 81.7. The normalized spacial score (nSPS) is 19.1. The monoisotopic (exact) mass is 2040 g/mol. The predicted octanol–water partition coefficient (Wildman–Crippen LogP) is -2.33. The van der Waals surface area contributed by atoms with E-state index in [1.165, 1.54) is 74.2 Å². The van der Waals surface area contributed by atoms with E-state index in [0.717, 1.165) is 11.8 Å². The first-order chi connectivity index (χ1) is 71.4. The van der Waals surface area contributed by atoms with E-state index < -0.39 is 255 Å². The number of nitrogens with two attached hydrogens (primary N) is 2. The number of benzene rings is 7. The zero-order chi connectivity index (χ0) is 107. The van der Waals surface area contributed by atoms with E-state index >= 15 is 33.6 Å². The fourth-order valence-corrected chi connectivity index (χ4v) is 17.5. The Labute approximate surface area is 850 Å². The Morgan fingerprint density at radius 3 is 1.34 bits per heavy atom. The number of aliphatic carboxylic acids is 1. The number of fused-ring (bicyclic) bond motifs is 4. The molecule has 11 aromatic rings. The van der Waals surface area contributed by atoms with Gasteiger partial charge in [0.05, 0.1) is 44.8 Å². The Hall–Kier alpha value is -18.1. The highest BCUT2D eigenvalue weighted by Crippen LogP contribution is 2.27. The molecule has 18 amide bonds. The fourth-order valence-electron chi connectivity index (χ4n) is 17.5. The molecule has 2 aliphatic rings. The first-order valence-corrected chi connectivity index (χ1v) is 47.9. The number of aromatic hydroxyl groups is 2. The number of carboxylic acid groups (broad SMARTS) is 1. The lowest BCUT2D eigenvalue weighted by molar-refractivity contribution is -0.143. The molecule has 13 rings (SSSR count). The van der Waals surface area contributed by atoms with E-state index in [4.69, 9.17) is 11.5 Å². The number of nitrogens with zero attached hydrogens (tertiary/aromatic N) is 2. The molecule has 7 aromatic carbocycles. The highest BCUT2D eigenvalue weighted by molar-refractivity contribution is 6.04. The Morgan fingerprint density at radius 2 is 0.852 bits per heavy atom. The van der Waals surface area contributed by atoms with E-state index in [0.29, 0.717) is 77.3 Å². The molecule has 46 heteroatoms. The molecule has 15 atom stereocenters. The second-order valence-electron chi connectivity index (χ2n) is 36.4. The van der Waals surface area contributed by atoms with Gasteiger partial charge in [-0.15, -0.1) is 0 Å². The zero-order valence-electron chi connectivity index (χ0n) is 80.8. The van der Waals surface area contributed by atoms with Crippen LogP contribution in [0.2, 0.25) is 0 Å². The third kappa shape index (κ3) is 30.3. The first-order valence-electron chi connectivity index (χ1n) is 47.9. The van der Waals surface area contributed by atoms with E-state index in [1.54, 1.807) is 146 Å². The number of hydrogen-bond donors (Lipinski definition) is 25. The number of aliphatic hydroxyl groups is 1. The summed E-state index contributed by atoms with van der Waals surface area (Å²) < 4.78 is 0. The predicted molar refractivity (Wildman–Crippen MR) is 535 cm³/mol. The van der Waals surface area contributed by atoms with Crippen molar-refractivity contribution in [3.8, 4) is 11.5 Å². The molecule has 149 heavy (non-hydrogen) atoms. The Bertz CT molecular complexity index is 6740. The van der Waals surface area contributed by atoms with Crippen molar-refractivity contribution in [2.24, 2.45) is 11.5 Å². The number of nitrogens with one attached hydrogen (secondary N) is 19. The van der Waals surface area contributed by atoms with Gasteiger partial charge in [0, 0.05) is 121 Å². The third-order valence-electron chi connectivity index (χ3n) is 25.3. The number of rotatable bonds is 35. The van der Waals surface area contributed by atoms with Crippen molar-refractivity contribution in [3.05, 3.63) is 258 Å². The van der Waals surface area contributed by atoms with Gasteiger partial charge in [-0.25, -0.2) is 9.78 Å². The lowest BCUT2D eigenvalue weighted by atomic mass is 10.00. The van der Waals surface area contributed by atoms with Crippen LogP contribution in [0.25, 0.3) is 32.7 Å². The van der Waals surface area contributed by atoms with Crippen molar-refractivity contribution in [1.29, 1.82) is 0 Å². The molecule has 0 spiro atoms. The fraction of sp³-hybridized carbons (Fsp3) is 0.320. The van der Waals surface area contributed by atoms with Crippen LogP contribution in [0.1, 0.15) is 90.6 Å². The van der Waals surface area contributed by atoms with Crippen molar-refractivity contribution >= 4 is 145 Å². The van der Waals surface area contributed by atoms with Gasteiger partial charge in [0.1, 0.15) is 96.1 Å². The molecule has 780 valence electrons. The van der Waals surface area contributed by atoms with Crippen LogP contribution in [0, 0.1) is 0 Å². The van der Waals surface area contributed by atoms with Crippen molar-refractivity contribution < 1.29 is 112 Å². The van der Waals surface area contributed by atoms with E-state index in [9.17, 15) is 78.0 Å². The number of phenols is 2. The van der Waals surface area contributed by atoms with Crippen LogP contribution in [-0.4, -0.2) is 273 Å². The molecule has 0 saturated carbocycles. The topological polar surface area (TPSA) is 717 Å². The summed E-state index contributed by atoms with van der Waals surface area (Å²) in [6, 6.07) is 23.5. The number of phenolic OH excluding ortho intramolecular Hbond substituents is 2. The van der Waals surface area contributed by atoms with Crippen LogP contribution in [0.5, 0.6) is 11.5 Å². The van der Waals surface area contributed by atoms with Gasteiger partial charge in [-0.2, -0.15) is 0 Å². The second kappa shape index (κ2) is 50.9. The lowest BCUT2D eigenvalue weighted by Crippen LogP contribution is -2.62. The van der Waals surface area contributed by atoms with Crippen molar-refractivity contribution in [1.82, 2.24) is 110 Å². The quantitative estimate of drug-likeness (QED) is 0.0198. The minimum atomic E-state index is -2.10. The Morgan fingerprint density at radius 1 is 0.423 bits per heavy atom. The van der Waals surface area contributed by atoms with Gasteiger partial charge in [-0.3, -0.25) is 86.3 Å². The molecule has 2 saturated heterocycles. The van der Waals surface area contributed by atoms with Gasteiger partial charge < -0.3 is 136 Å². The summed E-state index contributed by atoms with van der Waals surface area (Å²) in [7, 11) is 0. The number of H-pyrrole nitrogens is 4. The van der Waals surface area contributed by atoms with Crippen LogP contribution in [0.4, 0.5) is 0 Å². The molecular formula is C103H115N23O23. The SMILES string of the molecule is C[C@@H]1NC(=O)C([C@@H](C)O)NC(=O)CNC(=O)[C@H](Cc2cnc[nH]2)NC(=O)[C@H](Cc2c[nH]c3ccccc23)NC(=O)CC(C(N)=O)NC(=O)CNC(=O)C[C@@H](C(=O)N[C@@H](Cc2c[nH]c3ccccc23)C(=O)N[C@@H](Cc2ccccc2)C(=O)N[C@@H](Cc2ccccc2)C(=O)N[C@@H](CC(N)=O)C(=O)N[C@@H](Cc2ccc(O)cc2)C(=O)N[C@@H](Cc2ccc(O)cc2)C(=O)N[C@@H](Cc2c[nH]c3ccccc23)C(=O)O)NC(=O)C2CCCN2C1=O. The number of amides is 18. The summed E-state index contributed by atoms with van der Waals surface area (Å²) in [5.74, 6) is -21.8. The minimum Gasteiger partial charge on any atom is -0.508 e. The van der Waals surface area contributed by atoms with Crippen LogP contribution in [0.3, 0.4) is 0 Å². The van der Waals surface area contributed by atoms with Gasteiger partial charge in [-0.1, -0.05) is 140 Å². The van der Waals surface area contributed by atoms with Crippen LogP contribution in [-0.2, 0) is 142 Å². The Balaban J connectivity index is 0.776. The van der Waals surface area contributed by atoms with Crippen LogP contribution in [0.15, 0.2) is 213 Å². The number of imidazole rings is 1. The van der Waals surface area contributed by atoms with Crippen molar-refractivity contribution in [2.45, 2.75) is 188 Å². The van der Waals surface area contributed by atoms with Gasteiger partial charge >= 0.3 is 5.97 Å². The summed E-state index contributed by atoms with van der Waals surface area (Å²) in [4.78, 5) is 294. The van der Waals surface area contributed by atoms with Crippen LogP contribution < -0.4 is 91.2 Å². The second-order valence-corrected chi connectivity index (χ2v) is 36.4. The average molecular weight is 2040 g/mol. The van der Waals surface area contributed by atoms with E-state index in [1.807, 2.05) is 0 Å². The van der Waals surface area contributed by atoms with Crippen LogP contribution >= 0.6 is 0 Å². The van der Waals surface area contributed by atoms with Crippen molar-refractivity contribution in [3.63, 3.8) is 0 Å². The summed E-state index contributed by atoms with van der Waals surface area (Å²) in [6.07, 6.45) is -0.164. The number of aliphatic hydroxyl groups excluding tert-OH is 1. The molecule has 0 bridgehead atoms. The molecule has 2 fully saturated rings. The molecule has 46 nitrogen and oxygen atoms in total. The maximum Gasteiger partial charge on any atom is 0.326 e. The maximum absolute atomic E-state index is 15.9. The largest absolute Gasteiger partial charge is 0.508 e. The number of para-hydroxylation sites is 3. The third-order valence-corrected chi connectivity index (χ3v) is 25.3. The number of carboxylic acids is 1. The molecule has 4 aromatic heterocycles. The van der Waals surface area contributed by atoms with E-state index in [-0.39, 0.29) is 63.0 Å². The molecule has 0 radical (unpaired) electrons. The zero-order valence-corrected chi connectivity index (χ0v) is 80.8.